The molecule has 12 heteroatoms. The Labute approximate surface area is 232 Å². The number of nitrogens with zero attached hydrogens (tertiary/aromatic N) is 5. The van der Waals surface area contributed by atoms with E-state index in [4.69, 9.17) is 14.2 Å². The first-order valence-electron chi connectivity index (χ1n) is 13.4. The Kier molecular flexibility index (Phi) is 8.23. The third-order valence-electron chi connectivity index (χ3n) is 7.57. The van der Waals surface area contributed by atoms with Crippen LogP contribution in [0.3, 0.4) is 0 Å². The van der Waals surface area contributed by atoms with Crippen molar-refractivity contribution in [3.05, 3.63) is 40.7 Å². The Morgan fingerprint density at radius 1 is 1.27 bits per heavy atom. The quantitative estimate of drug-likeness (QED) is 0.492. The molecule has 210 valence electrons. The summed E-state index contributed by atoms with van der Waals surface area (Å²) in [7, 11) is 3.30. The van der Waals surface area contributed by atoms with Gasteiger partial charge in [-0.3, -0.25) is 19.8 Å². The number of pyridine rings is 2. The minimum atomic E-state index is -0.467. The molecule has 1 aliphatic carbocycles. The van der Waals surface area contributed by atoms with Crippen LogP contribution in [0.5, 0.6) is 5.75 Å². The standard InChI is InChI=1S/C28H32N6O6/c1-33(27(36)23-6-4-10-39-23)15-18-11-17-5-3-9-34(26(17)31-20(18)16-35)28(37)32-25-12-24(19(13-29)14-30-25)40-22-8-7-21(22)38-2/h11-12,14,16,21-23H,3-10,15H2,1-2H3,(H,30,32,37). The number of aromatic nitrogens is 2. The molecule has 2 aliphatic heterocycles. The summed E-state index contributed by atoms with van der Waals surface area (Å²) in [6, 6.07) is 4.98. The topological polar surface area (TPSA) is 147 Å². The Bertz CT molecular complexity index is 1340. The molecule has 2 aromatic heterocycles. The average molecular weight is 549 g/mol. The lowest BCUT2D eigenvalue weighted by molar-refractivity contribution is -0.140. The van der Waals surface area contributed by atoms with Crippen LogP contribution < -0.4 is 15.0 Å². The highest BCUT2D eigenvalue weighted by atomic mass is 16.5. The van der Waals surface area contributed by atoms with Gasteiger partial charge in [-0.1, -0.05) is 0 Å². The molecule has 3 atom stereocenters. The van der Waals surface area contributed by atoms with Crippen LogP contribution in [-0.2, 0) is 27.2 Å². The number of nitrogens with one attached hydrogen (secondary N) is 1. The lowest BCUT2D eigenvalue weighted by Crippen LogP contribution is -2.42. The van der Waals surface area contributed by atoms with Gasteiger partial charge in [0, 0.05) is 45.5 Å². The first kappa shape index (κ1) is 27.5. The Hall–Kier alpha value is -4.08. The van der Waals surface area contributed by atoms with E-state index in [1.807, 2.05) is 6.07 Å². The van der Waals surface area contributed by atoms with Gasteiger partial charge in [-0.2, -0.15) is 5.26 Å². The van der Waals surface area contributed by atoms with Gasteiger partial charge in [0.15, 0.2) is 6.29 Å². The summed E-state index contributed by atoms with van der Waals surface area (Å²) >= 11 is 0. The lowest BCUT2D eigenvalue weighted by atomic mass is 9.92. The van der Waals surface area contributed by atoms with Crippen molar-refractivity contribution in [2.75, 3.05) is 37.5 Å². The predicted molar refractivity (Wildman–Crippen MR) is 143 cm³/mol. The molecule has 0 radical (unpaired) electrons. The van der Waals surface area contributed by atoms with E-state index in [2.05, 4.69) is 21.4 Å². The van der Waals surface area contributed by atoms with Crippen LogP contribution >= 0.6 is 0 Å². The molecule has 0 aromatic carbocycles. The number of fused-ring (bicyclic) bond motifs is 1. The summed E-state index contributed by atoms with van der Waals surface area (Å²) < 4.78 is 16.9. The Morgan fingerprint density at radius 3 is 2.77 bits per heavy atom. The number of hydrogen-bond donors (Lipinski definition) is 1. The highest BCUT2D eigenvalue weighted by Crippen LogP contribution is 2.32. The monoisotopic (exact) mass is 548 g/mol. The molecule has 1 N–H and O–H groups in total. The fourth-order valence-electron chi connectivity index (χ4n) is 5.21. The molecule has 40 heavy (non-hydrogen) atoms. The third-order valence-corrected chi connectivity index (χ3v) is 7.57. The van der Waals surface area contributed by atoms with Crippen molar-refractivity contribution in [1.82, 2.24) is 14.9 Å². The largest absolute Gasteiger partial charge is 0.486 e. The molecule has 0 bridgehead atoms. The van der Waals surface area contributed by atoms with E-state index in [1.165, 1.54) is 17.2 Å². The Morgan fingerprint density at radius 2 is 2.10 bits per heavy atom. The van der Waals surface area contributed by atoms with Crippen LogP contribution in [0.15, 0.2) is 18.3 Å². The van der Waals surface area contributed by atoms with E-state index in [1.54, 1.807) is 19.1 Å². The molecule has 1 saturated carbocycles. The lowest BCUT2D eigenvalue weighted by Gasteiger charge is -2.35. The predicted octanol–water partition coefficient (Wildman–Crippen LogP) is 2.84. The molecule has 2 fully saturated rings. The van der Waals surface area contributed by atoms with Crippen molar-refractivity contribution in [2.45, 2.75) is 63.4 Å². The molecule has 3 unspecified atom stereocenters. The summed E-state index contributed by atoms with van der Waals surface area (Å²) in [5.41, 5.74) is 1.86. The number of aldehydes is 1. The van der Waals surface area contributed by atoms with Gasteiger partial charge in [-0.05, 0) is 50.2 Å². The van der Waals surface area contributed by atoms with E-state index in [0.717, 1.165) is 24.8 Å². The average Bonchev–Trinajstić information content (AvgIpc) is 3.49. The number of methoxy groups -OCH3 is 1. The number of carbonyl (C=O) groups excluding carboxylic acids is 3. The smallest absolute Gasteiger partial charge is 0.328 e. The normalized spacial score (nSPS) is 21.5. The van der Waals surface area contributed by atoms with E-state index >= 15 is 0 Å². The molecule has 4 heterocycles. The number of nitriles is 1. The maximum Gasteiger partial charge on any atom is 0.328 e. The van der Waals surface area contributed by atoms with Gasteiger partial charge in [0.2, 0.25) is 0 Å². The summed E-state index contributed by atoms with van der Waals surface area (Å²) in [5, 5.41) is 12.3. The third kappa shape index (κ3) is 5.61. The van der Waals surface area contributed by atoms with Crippen molar-refractivity contribution in [1.29, 1.82) is 5.26 Å². The molecule has 3 amide bonds. The van der Waals surface area contributed by atoms with Crippen molar-refractivity contribution in [3.8, 4) is 11.8 Å². The zero-order valence-corrected chi connectivity index (χ0v) is 22.6. The first-order chi connectivity index (χ1) is 19.4. The van der Waals surface area contributed by atoms with Crippen LogP contribution in [-0.4, -0.2) is 78.7 Å². The molecular formula is C28H32N6O6. The molecule has 12 nitrogen and oxygen atoms in total. The SMILES string of the molecule is COC1CCC1Oc1cc(NC(=O)N2CCCc3cc(CN(C)C(=O)C4CCCO4)c(C=O)nc32)ncc1C#N. The van der Waals surface area contributed by atoms with Crippen molar-refractivity contribution in [3.63, 3.8) is 0 Å². The van der Waals surface area contributed by atoms with Crippen LogP contribution in [0, 0.1) is 11.3 Å². The number of carbonyl (C=O) groups is 3. The van der Waals surface area contributed by atoms with Crippen LogP contribution in [0.25, 0.3) is 0 Å². The number of urea groups is 1. The Balaban J connectivity index is 1.32. The molecule has 5 rings (SSSR count). The second kappa shape index (κ2) is 12.0. The number of ether oxygens (including phenoxy) is 3. The second-order valence-corrected chi connectivity index (χ2v) is 10.2. The van der Waals surface area contributed by atoms with Crippen molar-refractivity contribution < 1.29 is 28.6 Å². The minimum absolute atomic E-state index is 0.0421. The number of amides is 3. The molecule has 2 aromatic rings. The van der Waals surface area contributed by atoms with Crippen LogP contribution in [0.1, 0.15) is 59.3 Å². The first-order valence-corrected chi connectivity index (χ1v) is 13.4. The summed E-state index contributed by atoms with van der Waals surface area (Å²) in [6.07, 6.45) is 5.94. The molecular weight excluding hydrogens is 516 g/mol. The zero-order chi connectivity index (χ0) is 28.2. The van der Waals surface area contributed by atoms with Gasteiger partial charge in [0.25, 0.3) is 5.91 Å². The molecule has 3 aliphatic rings. The maximum absolute atomic E-state index is 13.3. The number of hydrogen-bond acceptors (Lipinski definition) is 9. The fourth-order valence-corrected chi connectivity index (χ4v) is 5.21. The van der Waals surface area contributed by atoms with Gasteiger partial charge in [-0.25, -0.2) is 14.8 Å². The van der Waals surface area contributed by atoms with Crippen molar-refractivity contribution >= 4 is 29.9 Å². The van der Waals surface area contributed by atoms with Gasteiger partial charge in [0.05, 0.1) is 12.3 Å². The van der Waals surface area contributed by atoms with E-state index < -0.39 is 12.1 Å². The molecule has 0 spiro atoms. The highest BCUT2D eigenvalue weighted by Gasteiger charge is 2.34. The van der Waals surface area contributed by atoms with E-state index in [0.29, 0.717) is 55.8 Å². The van der Waals surface area contributed by atoms with E-state index in [-0.39, 0.29) is 41.7 Å². The highest BCUT2D eigenvalue weighted by molar-refractivity contribution is 6.01. The number of likely N-dealkylation sites (N-methyl/N-ethyl adjacent to an activating group) is 1. The summed E-state index contributed by atoms with van der Waals surface area (Å²) in [6.45, 7) is 1.18. The van der Waals surface area contributed by atoms with Gasteiger partial charge in [0.1, 0.15) is 46.9 Å². The van der Waals surface area contributed by atoms with Crippen molar-refractivity contribution in [2.24, 2.45) is 0 Å². The number of anilines is 2. The van der Waals surface area contributed by atoms with Gasteiger partial charge >= 0.3 is 6.03 Å². The van der Waals surface area contributed by atoms with Crippen LogP contribution in [0.2, 0.25) is 0 Å². The fraction of sp³-hybridized carbons (Fsp3) is 0.500. The van der Waals surface area contributed by atoms with Crippen LogP contribution in [0.4, 0.5) is 16.4 Å². The minimum Gasteiger partial charge on any atom is -0.486 e. The molecule has 1 saturated heterocycles. The summed E-state index contributed by atoms with van der Waals surface area (Å²) in [5.74, 6) is 0.818. The number of rotatable bonds is 8. The maximum atomic E-state index is 13.3. The number of aryl methyl sites for hydroxylation is 1. The van der Waals surface area contributed by atoms with Gasteiger partial charge < -0.3 is 19.1 Å². The second-order valence-electron chi connectivity index (χ2n) is 10.2. The summed E-state index contributed by atoms with van der Waals surface area (Å²) in [4.78, 5) is 49.8. The zero-order valence-electron chi connectivity index (χ0n) is 22.6. The van der Waals surface area contributed by atoms with E-state index in [9.17, 15) is 19.6 Å². The van der Waals surface area contributed by atoms with Gasteiger partial charge in [-0.15, -0.1) is 0 Å².